The second kappa shape index (κ2) is 7.54. The minimum absolute atomic E-state index is 0.517. The van der Waals surface area contributed by atoms with Crippen LogP contribution in [-0.4, -0.2) is 51.5 Å². The van der Waals surface area contributed by atoms with Gasteiger partial charge in [-0.3, -0.25) is 4.68 Å². The zero-order chi connectivity index (χ0) is 17.2. The molecule has 0 bridgehead atoms. The van der Waals surface area contributed by atoms with Crippen molar-refractivity contribution in [1.29, 1.82) is 0 Å². The van der Waals surface area contributed by atoms with Crippen LogP contribution in [0.25, 0.3) is 0 Å². The Labute approximate surface area is 146 Å². The Morgan fingerprint density at radius 1 is 1.25 bits per heavy atom. The first kappa shape index (κ1) is 17.9. The fraction of sp³-hybridized carbons (Fsp3) is 0.842. The number of piperidine rings is 1. The molecule has 2 heterocycles. The molecule has 0 radical (unpaired) electrons. The highest BCUT2D eigenvalue weighted by molar-refractivity contribution is 5.14. The topological polar surface area (TPSA) is 53.3 Å². The van der Waals surface area contributed by atoms with E-state index in [0.717, 1.165) is 17.5 Å². The maximum atomic E-state index is 10.7. The second-order valence-corrected chi connectivity index (χ2v) is 8.20. The molecule has 1 aromatic heterocycles. The second-order valence-electron chi connectivity index (χ2n) is 8.20. The first-order valence-electron chi connectivity index (χ1n) is 9.64. The molecule has 5 nitrogen and oxygen atoms in total. The molecule has 0 spiro atoms. The van der Waals surface area contributed by atoms with E-state index in [1.54, 1.807) is 10.9 Å². The van der Waals surface area contributed by atoms with E-state index >= 15 is 0 Å². The van der Waals surface area contributed by atoms with Crippen molar-refractivity contribution in [3.05, 3.63) is 18.0 Å². The van der Waals surface area contributed by atoms with Crippen molar-refractivity contribution in [3.63, 3.8) is 0 Å². The highest BCUT2D eigenvalue weighted by Gasteiger charge is 2.31. The Hall–Kier alpha value is -0.910. The first-order chi connectivity index (χ1) is 11.5. The summed E-state index contributed by atoms with van der Waals surface area (Å²) in [7, 11) is 1.88. The number of hydrogen-bond acceptors (Lipinski definition) is 4. The molecule has 3 atom stereocenters. The van der Waals surface area contributed by atoms with Gasteiger partial charge in [-0.2, -0.15) is 5.10 Å². The van der Waals surface area contributed by atoms with Crippen LogP contribution < -0.4 is 5.32 Å². The van der Waals surface area contributed by atoms with Crippen molar-refractivity contribution < 1.29 is 5.11 Å². The van der Waals surface area contributed by atoms with Crippen LogP contribution in [0.2, 0.25) is 0 Å². The number of likely N-dealkylation sites (tertiary alicyclic amines) is 1. The summed E-state index contributed by atoms with van der Waals surface area (Å²) in [5, 5.41) is 18.5. The number of aromatic nitrogens is 2. The summed E-state index contributed by atoms with van der Waals surface area (Å²) in [6.45, 7) is 7.28. The summed E-state index contributed by atoms with van der Waals surface area (Å²) >= 11 is 0. The highest BCUT2D eigenvalue weighted by Crippen LogP contribution is 2.30. The summed E-state index contributed by atoms with van der Waals surface area (Å²) in [6, 6.07) is 1.32. The van der Waals surface area contributed by atoms with E-state index < -0.39 is 5.60 Å². The number of nitrogens with zero attached hydrogens (tertiary/aromatic N) is 3. The minimum atomic E-state index is -0.858. The van der Waals surface area contributed by atoms with Crippen molar-refractivity contribution in [3.8, 4) is 0 Å². The van der Waals surface area contributed by atoms with Crippen LogP contribution in [-0.2, 0) is 12.6 Å². The third-order valence-electron chi connectivity index (χ3n) is 6.13. The lowest BCUT2D eigenvalue weighted by molar-refractivity contribution is 0.0436. The molecular weight excluding hydrogens is 300 g/mol. The van der Waals surface area contributed by atoms with Gasteiger partial charge in [-0.05, 0) is 51.6 Å². The average Bonchev–Trinajstić information content (AvgIpc) is 3.02. The summed E-state index contributed by atoms with van der Waals surface area (Å²) in [5.74, 6) is 0.856. The minimum Gasteiger partial charge on any atom is -0.384 e. The molecule has 1 saturated heterocycles. The van der Waals surface area contributed by atoms with Crippen LogP contribution in [0.5, 0.6) is 0 Å². The maximum Gasteiger partial charge on any atom is 0.102 e. The average molecular weight is 335 g/mol. The Morgan fingerprint density at radius 3 is 2.58 bits per heavy atom. The molecule has 2 fully saturated rings. The standard InChI is InChI=1S/C19H34N4O/c1-15-6-4-5-7-18(15)23-10-8-17(9-11-23)20-14-19(2,24)16-12-21-22(3)13-16/h12-13,15,17-18,20,24H,4-11,14H2,1-3H3. The Bertz CT molecular complexity index is 519. The number of aliphatic hydroxyl groups is 1. The molecule has 5 heteroatoms. The lowest BCUT2D eigenvalue weighted by Crippen LogP contribution is -2.51. The van der Waals surface area contributed by atoms with Gasteiger partial charge in [0.05, 0.1) is 6.20 Å². The Kier molecular flexibility index (Phi) is 5.63. The van der Waals surface area contributed by atoms with Crippen molar-refractivity contribution in [2.75, 3.05) is 19.6 Å². The molecule has 1 aliphatic carbocycles. The molecule has 0 aromatic carbocycles. The van der Waals surface area contributed by atoms with E-state index in [0.29, 0.717) is 12.6 Å². The molecule has 2 aliphatic rings. The van der Waals surface area contributed by atoms with Gasteiger partial charge in [0.2, 0.25) is 0 Å². The molecule has 3 rings (SSSR count). The lowest BCUT2D eigenvalue weighted by Gasteiger charge is -2.42. The van der Waals surface area contributed by atoms with Gasteiger partial charge in [0.1, 0.15) is 5.60 Å². The molecule has 1 aromatic rings. The summed E-state index contributed by atoms with van der Waals surface area (Å²) in [5.41, 5.74) is 0.0227. The van der Waals surface area contributed by atoms with E-state index in [-0.39, 0.29) is 0 Å². The van der Waals surface area contributed by atoms with Crippen LogP contribution in [0.4, 0.5) is 0 Å². The molecular formula is C19H34N4O. The third kappa shape index (κ3) is 4.19. The first-order valence-corrected chi connectivity index (χ1v) is 9.64. The van der Waals surface area contributed by atoms with Gasteiger partial charge in [-0.1, -0.05) is 19.8 Å². The van der Waals surface area contributed by atoms with E-state index in [4.69, 9.17) is 0 Å². The van der Waals surface area contributed by atoms with Gasteiger partial charge >= 0.3 is 0 Å². The molecule has 0 amide bonds. The third-order valence-corrected chi connectivity index (χ3v) is 6.13. The normalized spacial score (nSPS) is 29.5. The molecule has 136 valence electrons. The van der Waals surface area contributed by atoms with Crippen molar-refractivity contribution >= 4 is 0 Å². The van der Waals surface area contributed by atoms with Crippen LogP contribution >= 0.6 is 0 Å². The summed E-state index contributed by atoms with van der Waals surface area (Å²) < 4.78 is 1.74. The molecule has 24 heavy (non-hydrogen) atoms. The SMILES string of the molecule is CC1CCCCC1N1CCC(NCC(C)(O)c2cnn(C)c2)CC1. The van der Waals surface area contributed by atoms with Crippen molar-refractivity contribution in [2.24, 2.45) is 13.0 Å². The number of hydrogen-bond donors (Lipinski definition) is 2. The summed E-state index contributed by atoms with van der Waals surface area (Å²) in [6.07, 6.45) is 11.6. The van der Waals surface area contributed by atoms with Gasteiger partial charge in [0.15, 0.2) is 0 Å². The van der Waals surface area contributed by atoms with Crippen molar-refractivity contribution in [1.82, 2.24) is 20.0 Å². The van der Waals surface area contributed by atoms with Gasteiger partial charge in [-0.25, -0.2) is 0 Å². The highest BCUT2D eigenvalue weighted by atomic mass is 16.3. The monoisotopic (exact) mass is 334 g/mol. The smallest absolute Gasteiger partial charge is 0.102 e. The number of rotatable bonds is 5. The van der Waals surface area contributed by atoms with Crippen LogP contribution in [0, 0.1) is 5.92 Å². The van der Waals surface area contributed by atoms with Gasteiger partial charge in [-0.15, -0.1) is 0 Å². The predicted octanol–water partition coefficient (Wildman–Crippen LogP) is 2.26. The zero-order valence-corrected chi connectivity index (χ0v) is 15.5. The Morgan fingerprint density at radius 2 is 1.96 bits per heavy atom. The van der Waals surface area contributed by atoms with Gasteiger partial charge in [0, 0.05) is 37.4 Å². The van der Waals surface area contributed by atoms with Crippen LogP contribution in [0.15, 0.2) is 12.4 Å². The fourth-order valence-electron chi connectivity index (χ4n) is 4.42. The molecule has 2 N–H and O–H groups in total. The van der Waals surface area contributed by atoms with Crippen molar-refractivity contribution in [2.45, 2.75) is 70.1 Å². The van der Waals surface area contributed by atoms with E-state index in [9.17, 15) is 5.11 Å². The fourth-order valence-corrected chi connectivity index (χ4v) is 4.42. The van der Waals surface area contributed by atoms with Crippen LogP contribution in [0.1, 0.15) is 57.9 Å². The van der Waals surface area contributed by atoms with E-state index in [1.165, 1.54) is 51.6 Å². The summed E-state index contributed by atoms with van der Waals surface area (Å²) in [4.78, 5) is 2.72. The molecule has 1 aliphatic heterocycles. The number of nitrogens with one attached hydrogen (secondary N) is 1. The maximum absolute atomic E-state index is 10.7. The lowest BCUT2D eigenvalue weighted by atomic mass is 9.84. The largest absolute Gasteiger partial charge is 0.384 e. The quantitative estimate of drug-likeness (QED) is 0.867. The molecule has 1 saturated carbocycles. The van der Waals surface area contributed by atoms with Gasteiger partial charge < -0.3 is 15.3 Å². The van der Waals surface area contributed by atoms with E-state index in [2.05, 4.69) is 22.2 Å². The predicted molar refractivity (Wildman–Crippen MR) is 96.8 cm³/mol. The zero-order valence-electron chi connectivity index (χ0n) is 15.5. The number of aryl methyl sites for hydroxylation is 1. The van der Waals surface area contributed by atoms with E-state index in [1.807, 2.05) is 20.2 Å². The van der Waals surface area contributed by atoms with Gasteiger partial charge in [0.25, 0.3) is 0 Å². The molecule has 3 unspecified atom stereocenters. The van der Waals surface area contributed by atoms with Crippen LogP contribution in [0.3, 0.4) is 0 Å². The Balaban J connectivity index is 1.45.